The molecule has 0 unspecified atom stereocenters. The maximum Gasteiger partial charge on any atom is 0.411 e. The molecule has 0 spiro atoms. The Labute approximate surface area is 129 Å². The second kappa shape index (κ2) is 6.35. The second-order valence-corrected chi connectivity index (χ2v) is 5.63. The quantitative estimate of drug-likeness (QED) is 0.794. The van der Waals surface area contributed by atoms with Crippen molar-refractivity contribution in [3.8, 4) is 12.3 Å². The molecule has 0 aliphatic heterocycles. The van der Waals surface area contributed by atoms with Crippen molar-refractivity contribution in [1.82, 2.24) is 4.90 Å². The van der Waals surface area contributed by atoms with Crippen molar-refractivity contribution in [3.63, 3.8) is 0 Å². The Hall–Kier alpha value is -2.09. The van der Waals surface area contributed by atoms with E-state index in [0.717, 1.165) is 5.56 Å². The third kappa shape index (κ3) is 3.56. The summed E-state index contributed by atoms with van der Waals surface area (Å²) >= 11 is 0. The van der Waals surface area contributed by atoms with Crippen molar-refractivity contribution in [1.29, 1.82) is 0 Å². The van der Waals surface area contributed by atoms with Gasteiger partial charge in [-0.05, 0) is 18.4 Å². The predicted octanol–water partition coefficient (Wildman–Crippen LogP) is 3.84. The van der Waals surface area contributed by atoms with Gasteiger partial charge in [-0.25, -0.2) is 13.6 Å². The fourth-order valence-corrected chi connectivity index (χ4v) is 2.60. The van der Waals surface area contributed by atoms with Crippen LogP contribution in [0.3, 0.4) is 0 Å². The van der Waals surface area contributed by atoms with E-state index in [1.165, 1.54) is 11.9 Å². The summed E-state index contributed by atoms with van der Waals surface area (Å²) in [5, 5.41) is 0. The summed E-state index contributed by atoms with van der Waals surface area (Å²) in [6.07, 6.45) is 4.47. The Morgan fingerprint density at radius 2 is 1.86 bits per heavy atom. The van der Waals surface area contributed by atoms with Gasteiger partial charge in [-0.2, -0.15) is 0 Å². The number of nitrogens with zero attached hydrogens (tertiary/aromatic N) is 1. The Bertz CT molecular complexity index is 556. The summed E-state index contributed by atoms with van der Waals surface area (Å²) in [5.74, 6) is -0.173. The average molecular weight is 307 g/mol. The van der Waals surface area contributed by atoms with Crippen LogP contribution < -0.4 is 0 Å². The molecule has 5 heteroatoms. The molecule has 1 aliphatic rings. The van der Waals surface area contributed by atoms with Crippen molar-refractivity contribution in [3.05, 3.63) is 35.9 Å². The Balaban J connectivity index is 1.98. The highest BCUT2D eigenvalue weighted by molar-refractivity contribution is 5.69. The highest BCUT2D eigenvalue weighted by Crippen LogP contribution is 2.41. The first-order chi connectivity index (χ1) is 10.4. The maximum atomic E-state index is 13.3. The monoisotopic (exact) mass is 307 g/mol. The van der Waals surface area contributed by atoms with Gasteiger partial charge in [-0.3, -0.25) is 4.90 Å². The number of alkyl halides is 2. The number of carbonyl (C=O) groups is 1. The zero-order chi connectivity index (χ0) is 16.2. The molecule has 0 bridgehead atoms. The third-order valence-corrected chi connectivity index (χ3v) is 4.20. The summed E-state index contributed by atoms with van der Waals surface area (Å²) in [4.78, 5) is 13.4. The Morgan fingerprint density at radius 1 is 1.27 bits per heavy atom. The fraction of sp³-hybridized carbons (Fsp3) is 0.471. The van der Waals surface area contributed by atoms with Gasteiger partial charge in [-0.1, -0.05) is 36.3 Å². The smallest absolute Gasteiger partial charge is 0.411 e. The molecular formula is C17H19F2NO2. The lowest BCUT2D eigenvalue weighted by atomic mass is 9.79. The van der Waals surface area contributed by atoms with Crippen molar-refractivity contribution in [2.75, 3.05) is 7.05 Å². The van der Waals surface area contributed by atoms with E-state index in [1.807, 2.05) is 30.3 Å². The SMILES string of the molecule is C#CC1(N(C)C(=O)OCc2ccccc2)CCC(F)(F)CC1. The van der Waals surface area contributed by atoms with E-state index in [1.54, 1.807) is 0 Å². The molecule has 0 aromatic heterocycles. The largest absolute Gasteiger partial charge is 0.445 e. The van der Waals surface area contributed by atoms with Gasteiger partial charge < -0.3 is 4.74 Å². The number of rotatable bonds is 3. The van der Waals surface area contributed by atoms with Crippen molar-refractivity contribution < 1.29 is 18.3 Å². The molecular weight excluding hydrogens is 288 g/mol. The predicted molar refractivity (Wildman–Crippen MR) is 79.4 cm³/mol. The maximum absolute atomic E-state index is 13.3. The first-order valence-corrected chi connectivity index (χ1v) is 7.19. The number of hydrogen-bond acceptors (Lipinski definition) is 2. The van der Waals surface area contributed by atoms with Crippen LogP contribution >= 0.6 is 0 Å². The molecule has 22 heavy (non-hydrogen) atoms. The van der Waals surface area contributed by atoms with Crippen molar-refractivity contribution in [2.45, 2.75) is 43.8 Å². The lowest BCUT2D eigenvalue weighted by Gasteiger charge is -2.42. The van der Waals surface area contributed by atoms with Crippen LogP contribution in [-0.4, -0.2) is 29.5 Å². The first kappa shape index (κ1) is 16.3. The molecule has 1 saturated carbocycles. The van der Waals surface area contributed by atoms with Gasteiger partial charge in [0.2, 0.25) is 5.92 Å². The van der Waals surface area contributed by atoms with E-state index in [4.69, 9.17) is 11.2 Å². The topological polar surface area (TPSA) is 29.5 Å². The summed E-state index contributed by atoms with van der Waals surface area (Å²) < 4.78 is 31.9. The highest BCUT2D eigenvalue weighted by Gasteiger charge is 2.46. The van der Waals surface area contributed by atoms with E-state index in [9.17, 15) is 13.6 Å². The minimum absolute atomic E-state index is 0.0768. The standard InChI is InChI=1S/C17H19F2NO2/c1-3-16(9-11-17(18,19)12-10-16)20(2)15(21)22-13-14-7-5-4-6-8-14/h1,4-8H,9-13H2,2H3. The van der Waals surface area contributed by atoms with Gasteiger partial charge in [0, 0.05) is 19.9 Å². The third-order valence-electron chi connectivity index (χ3n) is 4.20. The molecule has 2 rings (SSSR count). The number of carbonyl (C=O) groups excluding carboxylic acids is 1. The molecule has 1 aromatic rings. The summed E-state index contributed by atoms with van der Waals surface area (Å²) in [7, 11) is 1.51. The molecule has 1 amide bonds. The van der Waals surface area contributed by atoms with E-state index < -0.39 is 17.6 Å². The molecule has 0 radical (unpaired) electrons. The lowest BCUT2D eigenvalue weighted by Crippen LogP contribution is -2.52. The Kier molecular flexibility index (Phi) is 4.70. The van der Waals surface area contributed by atoms with Gasteiger partial charge >= 0.3 is 6.09 Å². The van der Waals surface area contributed by atoms with Crippen LogP contribution in [0.25, 0.3) is 0 Å². The number of hydrogen-bond donors (Lipinski definition) is 0. The molecule has 0 heterocycles. The first-order valence-electron chi connectivity index (χ1n) is 7.19. The van der Waals surface area contributed by atoms with Gasteiger partial charge in [0.05, 0.1) is 0 Å². The van der Waals surface area contributed by atoms with E-state index in [2.05, 4.69) is 5.92 Å². The van der Waals surface area contributed by atoms with Gasteiger partial charge in [0.25, 0.3) is 0 Å². The minimum Gasteiger partial charge on any atom is -0.445 e. The van der Waals surface area contributed by atoms with Crippen LogP contribution in [0.15, 0.2) is 30.3 Å². The van der Waals surface area contributed by atoms with Gasteiger partial charge in [0.1, 0.15) is 12.1 Å². The van der Waals surface area contributed by atoms with Gasteiger partial charge in [-0.15, -0.1) is 6.42 Å². The van der Waals surface area contributed by atoms with Crippen LogP contribution in [-0.2, 0) is 11.3 Å². The normalized spacial score (nSPS) is 19.0. The van der Waals surface area contributed by atoms with Crippen LogP contribution in [0, 0.1) is 12.3 Å². The number of ether oxygens (including phenoxy) is 1. The number of amides is 1. The fourth-order valence-electron chi connectivity index (χ4n) is 2.60. The molecule has 0 atom stereocenters. The van der Waals surface area contributed by atoms with Crippen LogP contribution in [0.5, 0.6) is 0 Å². The molecule has 1 aromatic carbocycles. The highest BCUT2D eigenvalue weighted by atomic mass is 19.3. The average Bonchev–Trinajstić information content (AvgIpc) is 2.53. The molecule has 118 valence electrons. The number of benzene rings is 1. The minimum atomic E-state index is -2.70. The number of terminal acetylenes is 1. The summed E-state index contributed by atoms with van der Waals surface area (Å²) in [5.41, 5.74) is -0.135. The molecule has 0 saturated heterocycles. The summed E-state index contributed by atoms with van der Waals surface area (Å²) in [6.45, 7) is 0.126. The molecule has 1 fully saturated rings. The van der Waals surface area contributed by atoms with Gasteiger partial charge in [0.15, 0.2) is 0 Å². The van der Waals surface area contributed by atoms with Crippen LogP contribution in [0.1, 0.15) is 31.2 Å². The zero-order valence-electron chi connectivity index (χ0n) is 12.5. The molecule has 1 aliphatic carbocycles. The van der Waals surface area contributed by atoms with Crippen LogP contribution in [0.4, 0.5) is 13.6 Å². The van der Waals surface area contributed by atoms with Crippen LogP contribution in [0.2, 0.25) is 0 Å². The second-order valence-electron chi connectivity index (χ2n) is 5.63. The lowest BCUT2D eigenvalue weighted by molar-refractivity contribution is -0.0628. The van der Waals surface area contributed by atoms with E-state index >= 15 is 0 Å². The van der Waals surface area contributed by atoms with Crippen molar-refractivity contribution >= 4 is 6.09 Å². The number of halogens is 2. The van der Waals surface area contributed by atoms with Crippen molar-refractivity contribution in [2.24, 2.45) is 0 Å². The zero-order valence-corrected chi connectivity index (χ0v) is 12.5. The van der Waals surface area contributed by atoms with E-state index in [-0.39, 0.29) is 32.3 Å². The molecule has 0 N–H and O–H groups in total. The van der Waals surface area contributed by atoms with E-state index in [0.29, 0.717) is 0 Å². The summed E-state index contributed by atoms with van der Waals surface area (Å²) in [6, 6.07) is 9.24. The molecule has 3 nitrogen and oxygen atoms in total. The Morgan fingerprint density at radius 3 is 2.41 bits per heavy atom.